The van der Waals surface area contributed by atoms with Gasteiger partial charge in [-0.2, -0.15) is 0 Å². The van der Waals surface area contributed by atoms with E-state index in [1.807, 2.05) is 24.3 Å². The highest BCUT2D eigenvalue weighted by atomic mass is 16.5. The fourth-order valence-electron chi connectivity index (χ4n) is 3.26. The number of aryl methyl sites for hydroxylation is 1. The normalized spacial score (nSPS) is 10.8. The minimum atomic E-state index is -0.569. The van der Waals surface area contributed by atoms with Gasteiger partial charge in [0, 0.05) is 0 Å². The summed E-state index contributed by atoms with van der Waals surface area (Å²) in [5.41, 5.74) is 2.11. The van der Waals surface area contributed by atoms with Gasteiger partial charge >= 0.3 is 11.7 Å². The van der Waals surface area contributed by atoms with E-state index in [1.54, 1.807) is 30.3 Å². The van der Waals surface area contributed by atoms with Crippen LogP contribution in [0.25, 0.3) is 16.6 Å². The fraction of sp³-hybridized carbons (Fsp3) is 0.125. The molecule has 0 aliphatic heterocycles. The molecular formula is C24H20N2O4. The van der Waals surface area contributed by atoms with Gasteiger partial charge in [-0.25, -0.2) is 14.2 Å². The molecule has 4 rings (SSSR count). The summed E-state index contributed by atoms with van der Waals surface area (Å²) in [5, 5.41) is 0.310. The summed E-state index contributed by atoms with van der Waals surface area (Å²) in [7, 11) is 0. The largest absolute Gasteiger partial charge is 0.457 e. The van der Waals surface area contributed by atoms with Crippen LogP contribution >= 0.6 is 0 Å². The number of H-pyrrole nitrogens is 1. The first-order valence-electron chi connectivity index (χ1n) is 9.66. The molecule has 0 saturated heterocycles. The second-order valence-corrected chi connectivity index (χ2v) is 6.91. The van der Waals surface area contributed by atoms with Crippen LogP contribution < -0.4 is 11.2 Å². The number of nitrogens with zero attached hydrogens (tertiary/aromatic N) is 1. The topological polar surface area (TPSA) is 81.2 Å². The van der Waals surface area contributed by atoms with Crippen LogP contribution in [0, 0.1) is 0 Å². The van der Waals surface area contributed by atoms with Crippen molar-refractivity contribution in [2.75, 3.05) is 0 Å². The summed E-state index contributed by atoms with van der Waals surface area (Å²) in [6, 6.07) is 21.0. The molecule has 6 heteroatoms. The van der Waals surface area contributed by atoms with E-state index in [0.29, 0.717) is 16.6 Å². The summed E-state index contributed by atoms with van der Waals surface area (Å²) in [6.45, 7) is 2.22. The Morgan fingerprint density at radius 3 is 2.33 bits per heavy atom. The maximum atomic E-state index is 12.8. The third kappa shape index (κ3) is 3.80. The molecule has 1 N–H and O–H groups in total. The monoisotopic (exact) mass is 400 g/mol. The molecule has 0 spiro atoms. The molecule has 0 atom stereocenters. The van der Waals surface area contributed by atoms with Crippen molar-refractivity contribution in [1.82, 2.24) is 9.55 Å². The lowest BCUT2D eigenvalue weighted by Crippen LogP contribution is -2.33. The van der Waals surface area contributed by atoms with Gasteiger partial charge < -0.3 is 9.72 Å². The molecule has 0 aliphatic carbocycles. The molecular weight excluding hydrogens is 380 g/mol. The zero-order valence-electron chi connectivity index (χ0n) is 16.4. The average Bonchev–Trinajstić information content (AvgIpc) is 2.78. The van der Waals surface area contributed by atoms with Gasteiger partial charge in [-0.1, -0.05) is 49.4 Å². The van der Waals surface area contributed by atoms with E-state index in [4.69, 9.17) is 4.74 Å². The van der Waals surface area contributed by atoms with Gasteiger partial charge in [-0.15, -0.1) is 0 Å². The summed E-state index contributed by atoms with van der Waals surface area (Å²) in [5.74, 6) is -0.524. The van der Waals surface area contributed by atoms with Gasteiger partial charge in [0.1, 0.15) is 6.61 Å². The van der Waals surface area contributed by atoms with Crippen LogP contribution in [0.5, 0.6) is 0 Å². The van der Waals surface area contributed by atoms with E-state index < -0.39 is 17.2 Å². The summed E-state index contributed by atoms with van der Waals surface area (Å²) < 4.78 is 6.45. The SMILES string of the molecule is CCc1ccc(COC(=O)c2ccc3c(=O)n(-c4ccccc4)c(=O)[nH]c3c2)cc1. The number of ether oxygens (including phenoxy) is 1. The maximum absolute atomic E-state index is 12.8. The summed E-state index contributed by atoms with van der Waals surface area (Å²) >= 11 is 0. The summed E-state index contributed by atoms with van der Waals surface area (Å²) in [6.07, 6.45) is 0.946. The van der Waals surface area contributed by atoms with E-state index in [-0.39, 0.29) is 12.2 Å². The quantitative estimate of drug-likeness (QED) is 0.519. The number of aromatic amines is 1. The average molecular weight is 400 g/mol. The maximum Gasteiger partial charge on any atom is 0.338 e. The molecule has 0 aliphatic rings. The number of carbonyl (C=O) groups is 1. The molecule has 3 aromatic carbocycles. The standard InChI is InChI=1S/C24H20N2O4/c1-2-16-8-10-17(11-9-16)15-30-23(28)18-12-13-20-21(14-18)25-24(29)26(22(20)27)19-6-4-3-5-7-19/h3-14H,2,15H2,1H3,(H,25,29). The van der Waals surface area contributed by atoms with Gasteiger partial charge in [0.2, 0.25) is 0 Å². The Balaban J connectivity index is 1.61. The first-order chi connectivity index (χ1) is 14.6. The number of rotatable bonds is 5. The lowest BCUT2D eigenvalue weighted by molar-refractivity contribution is 0.0473. The molecule has 0 unspecified atom stereocenters. The molecule has 150 valence electrons. The van der Waals surface area contributed by atoms with Gasteiger partial charge in [0.05, 0.1) is 22.2 Å². The van der Waals surface area contributed by atoms with Crippen LogP contribution in [0.2, 0.25) is 0 Å². The highest BCUT2D eigenvalue weighted by Crippen LogP contribution is 2.13. The van der Waals surface area contributed by atoms with Crippen LogP contribution in [0.15, 0.2) is 82.4 Å². The third-order valence-electron chi connectivity index (χ3n) is 4.95. The van der Waals surface area contributed by atoms with Crippen molar-refractivity contribution in [1.29, 1.82) is 0 Å². The number of carbonyl (C=O) groups excluding carboxylic acids is 1. The predicted octanol–water partition coefficient (Wildman–Crippen LogP) is 3.60. The zero-order chi connectivity index (χ0) is 21.1. The van der Waals surface area contributed by atoms with Crippen LogP contribution in [-0.2, 0) is 17.8 Å². The van der Waals surface area contributed by atoms with Gasteiger partial charge in [0.15, 0.2) is 0 Å². The number of aromatic nitrogens is 2. The Morgan fingerprint density at radius 2 is 1.63 bits per heavy atom. The Kier molecular flexibility index (Phi) is 5.30. The Labute approximate surface area is 172 Å². The molecule has 4 aromatic rings. The van der Waals surface area contributed by atoms with Crippen molar-refractivity contribution >= 4 is 16.9 Å². The minimum Gasteiger partial charge on any atom is -0.457 e. The van der Waals surface area contributed by atoms with Crippen molar-refractivity contribution in [3.63, 3.8) is 0 Å². The molecule has 0 saturated carbocycles. The molecule has 1 heterocycles. The highest BCUT2D eigenvalue weighted by Gasteiger charge is 2.13. The van der Waals surface area contributed by atoms with Crippen molar-refractivity contribution < 1.29 is 9.53 Å². The molecule has 6 nitrogen and oxygen atoms in total. The first kappa shape index (κ1) is 19.4. The predicted molar refractivity (Wildman–Crippen MR) is 115 cm³/mol. The Morgan fingerprint density at radius 1 is 0.933 bits per heavy atom. The number of para-hydroxylation sites is 1. The van der Waals surface area contributed by atoms with E-state index >= 15 is 0 Å². The smallest absolute Gasteiger partial charge is 0.338 e. The second-order valence-electron chi connectivity index (χ2n) is 6.91. The van der Waals surface area contributed by atoms with Crippen LogP contribution in [-0.4, -0.2) is 15.5 Å². The van der Waals surface area contributed by atoms with Crippen molar-refractivity contribution in [2.45, 2.75) is 20.0 Å². The van der Waals surface area contributed by atoms with Crippen LogP contribution in [0.1, 0.15) is 28.4 Å². The van der Waals surface area contributed by atoms with Crippen molar-refractivity contribution in [2.24, 2.45) is 0 Å². The molecule has 0 bridgehead atoms. The first-order valence-corrected chi connectivity index (χ1v) is 9.66. The van der Waals surface area contributed by atoms with E-state index in [9.17, 15) is 14.4 Å². The van der Waals surface area contributed by atoms with E-state index in [0.717, 1.165) is 16.6 Å². The second kappa shape index (κ2) is 8.21. The number of fused-ring (bicyclic) bond motifs is 1. The number of hydrogen-bond acceptors (Lipinski definition) is 4. The van der Waals surface area contributed by atoms with E-state index in [1.165, 1.54) is 23.8 Å². The number of hydrogen-bond donors (Lipinski definition) is 1. The van der Waals surface area contributed by atoms with Gasteiger partial charge in [0.25, 0.3) is 5.56 Å². The highest BCUT2D eigenvalue weighted by molar-refractivity contribution is 5.94. The molecule has 0 amide bonds. The lowest BCUT2D eigenvalue weighted by Gasteiger charge is -2.08. The van der Waals surface area contributed by atoms with E-state index in [2.05, 4.69) is 11.9 Å². The third-order valence-corrected chi connectivity index (χ3v) is 4.95. The number of benzene rings is 3. The fourth-order valence-corrected chi connectivity index (χ4v) is 3.26. The van der Waals surface area contributed by atoms with Crippen LogP contribution in [0.4, 0.5) is 0 Å². The molecule has 1 aromatic heterocycles. The van der Waals surface area contributed by atoms with Gasteiger partial charge in [-0.05, 0) is 47.9 Å². The summed E-state index contributed by atoms with van der Waals surface area (Å²) in [4.78, 5) is 40.4. The lowest BCUT2D eigenvalue weighted by atomic mass is 10.1. The van der Waals surface area contributed by atoms with Crippen molar-refractivity contribution in [3.8, 4) is 5.69 Å². The number of nitrogens with one attached hydrogen (secondary N) is 1. The Hall–Kier alpha value is -3.93. The molecule has 0 radical (unpaired) electrons. The zero-order valence-corrected chi connectivity index (χ0v) is 16.4. The molecule has 30 heavy (non-hydrogen) atoms. The van der Waals surface area contributed by atoms with Crippen molar-refractivity contribution in [3.05, 3.63) is 110 Å². The van der Waals surface area contributed by atoms with Gasteiger partial charge in [-0.3, -0.25) is 4.79 Å². The number of esters is 1. The Bertz CT molecular complexity index is 1320. The minimum absolute atomic E-state index is 0.146. The molecule has 0 fully saturated rings. The van der Waals surface area contributed by atoms with Crippen LogP contribution in [0.3, 0.4) is 0 Å².